The molecule has 90 valence electrons. The van der Waals surface area contributed by atoms with Crippen molar-refractivity contribution < 1.29 is 0 Å². The van der Waals surface area contributed by atoms with E-state index in [-0.39, 0.29) is 5.38 Å². The SMILES string of the molecule is CCCCCC(Cl)c1cncc2ccccc12. The number of fused-ring (bicyclic) bond motifs is 1. The molecule has 0 N–H and O–H groups in total. The average molecular weight is 248 g/mol. The second-order valence-corrected chi connectivity index (χ2v) is 4.94. The second kappa shape index (κ2) is 6.02. The van der Waals surface area contributed by atoms with E-state index in [1.807, 2.05) is 18.5 Å². The van der Waals surface area contributed by atoms with Crippen LogP contribution in [0, 0.1) is 0 Å². The standard InChI is InChI=1S/C15H18ClN/c1-2-3-4-9-15(16)14-11-17-10-12-7-5-6-8-13(12)14/h5-8,10-11,15H,2-4,9H2,1H3. The zero-order valence-corrected chi connectivity index (χ0v) is 11.0. The Morgan fingerprint density at radius 2 is 2.00 bits per heavy atom. The highest BCUT2D eigenvalue weighted by Crippen LogP contribution is 2.31. The van der Waals surface area contributed by atoms with Gasteiger partial charge in [-0.1, -0.05) is 50.5 Å². The monoisotopic (exact) mass is 247 g/mol. The molecule has 0 amide bonds. The highest BCUT2D eigenvalue weighted by Gasteiger charge is 2.11. The highest BCUT2D eigenvalue weighted by molar-refractivity contribution is 6.21. The summed E-state index contributed by atoms with van der Waals surface area (Å²) in [4.78, 5) is 4.28. The van der Waals surface area contributed by atoms with Crippen molar-refractivity contribution >= 4 is 22.4 Å². The Morgan fingerprint density at radius 3 is 2.82 bits per heavy atom. The number of alkyl halides is 1. The summed E-state index contributed by atoms with van der Waals surface area (Å²) in [6, 6.07) is 8.30. The average Bonchev–Trinajstić information content (AvgIpc) is 2.38. The van der Waals surface area contributed by atoms with Crippen molar-refractivity contribution in [1.29, 1.82) is 0 Å². The molecule has 1 unspecified atom stereocenters. The Bertz CT molecular complexity index is 476. The molecular weight excluding hydrogens is 230 g/mol. The largest absolute Gasteiger partial charge is 0.264 e. The third-order valence-electron chi connectivity index (χ3n) is 3.10. The fourth-order valence-electron chi connectivity index (χ4n) is 2.12. The van der Waals surface area contributed by atoms with Crippen LogP contribution in [-0.4, -0.2) is 4.98 Å². The quantitative estimate of drug-likeness (QED) is 0.529. The molecule has 0 spiro atoms. The molecule has 0 bridgehead atoms. The number of hydrogen-bond donors (Lipinski definition) is 0. The Hall–Kier alpha value is -1.08. The van der Waals surface area contributed by atoms with Gasteiger partial charge in [0, 0.05) is 17.8 Å². The smallest absolute Gasteiger partial charge is 0.0606 e. The van der Waals surface area contributed by atoms with E-state index in [1.54, 1.807) is 0 Å². The van der Waals surface area contributed by atoms with Crippen molar-refractivity contribution in [1.82, 2.24) is 4.98 Å². The van der Waals surface area contributed by atoms with Gasteiger partial charge < -0.3 is 0 Å². The van der Waals surface area contributed by atoms with Crippen LogP contribution in [0.2, 0.25) is 0 Å². The number of halogens is 1. The molecule has 0 aliphatic rings. The van der Waals surface area contributed by atoms with Crippen LogP contribution in [0.4, 0.5) is 0 Å². The summed E-state index contributed by atoms with van der Waals surface area (Å²) >= 11 is 6.48. The third kappa shape index (κ3) is 2.98. The fourth-order valence-corrected chi connectivity index (χ4v) is 2.45. The van der Waals surface area contributed by atoms with E-state index in [4.69, 9.17) is 11.6 Å². The van der Waals surface area contributed by atoms with Crippen LogP contribution >= 0.6 is 11.6 Å². The Morgan fingerprint density at radius 1 is 1.18 bits per heavy atom. The van der Waals surface area contributed by atoms with Crippen LogP contribution in [0.1, 0.15) is 43.5 Å². The van der Waals surface area contributed by atoms with E-state index < -0.39 is 0 Å². The number of nitrogens with zero attached hydrogens (tertiary/aromatic N) is 1. The van der Waals surface area contributed by atoms with Crippen LogP contribution < -0.4 is 0 Å². The van der Waals surface area contributed by atoms with Gasteiger partial charge in [-0.2, -0.15) is 0 Å². The first-order valence-corrected chi connectivity index (χ1v) is 6.73. The molecule has 2 heteroatoms. The molecule has 2 rings (SSSR count). The molecule has 0 radical (unpaired) electrons. The van der Waals surface area contributed by atoms with Gasteiger partial charge in [0.1, 0.15) is 0 Å². The normalized spacial score (nSPS) is 12.8. The molecule has 0 fully saturated rings. The summed E-state index contributed by atoms with van der Waals surface area (Å²) in [5, 5.41) is 2.49. The number of rotatable bonds is 5. The van der Waals surface area contributed by atoms with Crippen molar-refractivity contribution in [3.8, 4) is 0 Å². The maximum absolute atomic E-state index is 6.48. The van der Waals surface area contributed by atoms with Crippen molar-refractivity contribution in [3.05, 3.63) is 42.2 Å². The first-order valence-electron chi connectivity index (χ1n) is 6.29. The first-order chi connectivity index (χ1) is 8.33. The second-order valence-electron chi connectivity index (χ2n) is 4.41. The summed E-state index contributed by atoms with van der Waals surface area (Å²) < 4.78 is 0. The lowest BCUT2D eigenvalue weighted by molar-refractivity contribution is 0.656. The van der Waals surface area contributed by atoms with E-state index >= 15 is 0 Å². The summed E-state index contributed by atoms with van der Waals surface area (Å²) in [5.41, 5.74) is 1.17. The van der Waals surface area contributed by atoms with Crippen LogP contribution in [0.15, 0.2) is 36.7 Å². The number of pyridine rings is 1. The van der Waals surface area contributed by atoms with Gasteiger partial charge in [-0.3, -0.25) is 4.98 Å². The van der Waals surface area contributed by atoms with Crippen LogP contribution in [0.5, 0.6) is 0 Å². The summed E-state index contributed by atoms with van der Waals surface area (Å²) in [7, 11) is 0. The first kappa shape index (κ1) is 12.4. The number of hydrogen-bond acceptors (Lipinski definition) is 1. The van der Waals surface area contributed by atoms with Crippen molar-refractivity contribution in [2.24, 2.45) is 0 Å². The molecule has 1 aromatic heterocycles. The molecule has 0 aliphatic heterocycles. The van der Waals surface area contributed by atoms with Gasteiger partial charge in [-0.15, -0.1) is 11.6 Å². The van der Waals surface area contributed by atoms with Gasteiger partial charge in [0.2, 0.25) is 0 Å². The molecular formula is C15H18ClN. The molecule has 1 aromatic carbocycles. The molecule has 0 aliphatic carbocycles. The van der Waals surface area contributed by atoms with Crippen LogP contribution in [-0.2, 0) is 0 Å². The number of aromatic nitrogens is 1. The van der Waals surface area contributed by atoms with Gasteiger partial charge in [0.25, 0.3) is 0 Å². The Kier molecular flexibility index (Phi) is 4.38. The van der Waals surface area contributed by atoms with E-state index in [0.717, 1.165) is 6.42 Å². The number of benzene rings is 1. The van der Waals surface area contributed by atoms with E-state index in [0.29, 0.717) is 0 Å². The summed E-state index contributed by atoms with van der Waals surface area (Å²) in [6.45, 7) is 2.21. The van der Waals surface area contributed by atoms with Gasteiger partial charge in [-0.05, 0) is 17.4 Å². The zero-order valence-electron chi connectivity index (χ0n) is 10.2. The minimum absolute atomic E-state index is 0.0835. The number of unbranched alkanes of at least 4 members (excludes halogenated alkanes) is 2. The fraction of sp³-hybridized carbons (Fsp3) is 0.400. The zero-order chi connectivity index (χ0) is 12.1. The lowest BCUT2D eigenvalue weighted by Crippen LogP contribution is -1.93. The molecule has 0 saturated heterocycles. The van der Waals surface area contributed by atoms with E-state index in [2.05, 4.69) is 30.1 Å². The van der Waals surface area contributed by atoms with Gasteiger partial charge in [-0.25, -0.2) is 0 Å². The minimum atomic E-state index is 0.0835. The lowest BCUT2D eigenvalue weighted by atomic mass is 10.0. The van der Waals surface area contributed by atoms with Gasteiger partial charge in [0.05, 0.1) is 5.38 Å². The Labute approximate surface area is 108 Å². The molecule has 17 heavy (non-hydrogen) atoms. The minimum Gasteiger partial charge on any atom is -0.264 e. The highest BCUT2D eigenvalue weighted by atomic mass is 35.5. The van der Waals surface area contributed by atoms with Crippen LogP contribution in [0.3, 0.4) is 0 Å². The maximum atomic E-state index is 6.48. The summed E-state index contributed by atoms with van der Waals surface area (Å²) in [6.07, 6.45) is 8.51. The van der Waals surface area contributed by atoms with Gasteiger partial charge in [0.15, 0.2) is 0 Å². The van der Waals surface area contributed by atoms with Crippen molar-refractivity contribution in [3.63, 3.8) is 0 Å². The van der Waals surface area contributed by atoms with E-state index in [9.17, 15) is 0 Å². The summed E-state index contributed by atoms with van der Waals surface area (Å²) in [5.74, 6) is 0. The lowest BCUT2D eigenvalue weighted by Gasteiger charge is -2.11. The topological polar surface area (TPSA) is 12.9 Å². The van der Waals surface area contributed by atoms with Crippen molar-refractivity contribution in [2.45, 2.75) is 38.0 Å². The third-order valence-corrected chi connectivity index (χ3v) is 3.55. The predicted molar refractivity (Wildman–Crippen MR) is 74.5 cm³/mol. The molecule has 2 aromatic rings. The Balaban J connectivity index is 2.22. The van der Waals surface area contributed by atoms with Gasteiger partial charge >= 0.3 is 0 Å². The maximum Gasteiger partial charge on any atom is 0.0606 e. The molecule has 1 atom stereocenters. The predicted octanol–water partition coefficient (Wildman–Crippen LogP) is 5.10. The molecule has 0 saturated carbocycles. The van der Waals surface area contributed by atoms with Crippen molar-refractivity contribution in [2.75, 3.05) is 0 Å². The van der Waals surface area contributed by atoms with E-state index in [1.165, 1.54) is 35.6 Å². The van der Waals surface area contributed by atoms with Crippen LogP contribution in [0.25, 0.3) is 10.8 Å². The molecule has 1 heterocycles. The molecule has 1 nitrogen and oxygen atoms in total.